The minimum atomic E-state index is -0.696. The summed E-state index contributed by atoms with van der Waals surface area (Å²) in [5.41, 5.74) is 9.53. The molecule has 0 atom stereocenters. The molecule has 3 N–H and O–H groups in total. The summed E-state index contributed by atoms with van der Waals surface area (Å²) in [7, 11) is 0. The smallest absolute Gasteiger partial charge is 0.164 e. The number of aromatic amines is 1. The molecule has 1 aromatic heterocycles. The quantitative estimate of drug-likeness (QED) is 0.351. The average molecular weight is 497 g/mol. The van der Waals surface area contributed by atoms with Crippen molar-refractivity contribution in [3.8, 4) is 0 Å². The zero-order valence-electron chi connectivity index (χ0n) is 21.8. The Kier molecular flexibility index (Phi) is 9.73. The molecule has 1 aliphatic rings. The number of H-pyrrole nitrogens is 1. The molecule has 0 saturated carbocycles. The molecule has 0 bridgehead atoms. The number of fused-ring (bicyclic) bond motifs is 1. The first-order valence-electron chi connectivity index (χ1n) is 12.5. The Morgan fingerprint density at radius 2 is 1.92 bits per heavy atom. The normalized spacial score (nSPS) is 17.1. The van der Waals surface area contributed by atoms with E-state index < -0.39 is 11.6 Å². The SMILES string of the molecule is C=N/C=C(\C=C/CN=C/C(F)=C(\N)c1cc(F)c2[nH]c(C)c(C(C)C)c2c1)CN1CCN(CC)CC1. The van der Waals surface area contributed by atoms with Gasteiger partial charge in [-0.15, -0.1) is 0 Å². The zero-order chi connectivity index (χ0) is 26.2. The number of nitrogens with two attached hydrogens (primary N) is 1. The number of likely N-dealkylation sites (N-methyl/N-ethyl adjacent to an activating group) is 1. The molecule has 1 saturated heterocycles. The van der Waals surface area contributed by atoms with Crippen molar-refractivity contribution in [2.45, 2.75) is 33.6 Å². The van der Waals surface area contributed by atoms with E-state index in [-0.39, 0.29) is 18.2 Å². The standard InChI is InChI=1S/C28H38F2N6/c1-6-35-10-12-36(13-11-35)18-21(16-32-5)8-7-9-33-17-25(30)27(31)22-14-23-26(19(2)3)20(4)34-28(23)24(29)15-22/h7-8,14-17,19,34H,5-6,9-13,18,31H2,1-4H3/b8-7-,21-16+,27-25+,33-17?. The van der Waals surface area contributed by atoms with Crippen LogP contribution in [0.25, 0.3) is 16.6 Å². The molecular formula is C28H38F2N6. The van der Waals surface area contributed by atoms with Crippen LogP contribution in [-0.4, -0.2) is 73.5 Å². The van der Waals surface area contributed by atoms with Gasteiger partial charge in [-0.2, -0.15) is 0 Å². The molecule has 0 radical (unpaired) electrons. The predicted octanol–water partition coefficient (Wildman–Crippen LogP) is 5.18. The van der Waals surface area contributed by atoms with Crippen molar-refractivity contribution in [3.05, 3.63) is 64.5 Å². The molecule has 1 fully saturated rings. The van der Waals surface area contributed by atoms with Crippen LogP contribution in [0.5, 0.6) is 0 Å². The van der Waals surface area contributed by atoms with Crippen LogP contribution in [-0.2, 0) is 0 Å². The van der Waals surface area contributed by atoms with Crippen molar-refractivity contribution >= 4 is 29.5 Å². The number of aromatic nitrogens is 1. The third-order valence-corrected chi connectivity index (χ3v) is 6.57. The second kappa shape index (κ2) is 12.7. The van der Waals surface area contributed by atoms with Gasteiger partial charge in [0.25, 0.3) is 0 Å². The van der Waals surface area contributed by atoms with Gasteiger partial charge in [0, 0.05) is 55.6 Å². The molecule has 36 heavy (non-hydrogen) atoms. The van der Waals surface area contributed by atoms with Crippen molar-refractivity contribution in [2.75, 3.05) is 45.8 Å². The summed E-state index contributed by atoms with van der Waals surface area (Å²) < 4.78 is 29.5. The number of allylic oxidation sites excluding steroid dienone is 1. The Labute approximate surface area is 213 Å². The lowest BCUT2D eigenvalue weighted by Gasteiger charge is -2.34. The first kappa shape index (κ1) is 27.5. The van der Waals surface area contributed by atoms with E-state index in [4.69, 9.17) is 5.73 Å². The molecule has 0 spiro atoms. The van der Waals surface area contributed by atoms with Crippen LogP contribution in [0.1, 0.15) is 43.5 Å². The van der Waals surface area contributed by atoms with Gasteiger partial charge in [0.15, 0.2) is 5.83 Å². The number of hydrogen-bond acceptors (Lipinski definition) is 5. The van der Waals surface area contributed by atoms with E-state index in [9.17, 15) is 8.78 Å². The van der Waals surface area contributed by atoms with Gasteiger partial charge in [0.1, 0.15) is 5.82 Å². The lowest BCUT2D eigenvalue weighted by molar-refractivity contribution is 0.146. The highest BCUT2D eigenvalue weighted by molar-refractivity contribution is 5.92. The second-order valence-corrected chi connectivity index (χ2v) is 9.45. The van der Waals surface area contributed by atoms with Crippen LogP contribution in [0.2, 0.25) is 0 Å². The first-order valence-corrected chi connectivity index (χ1v) is 12.5. The molecule has 1 aromatic carbocycles. The molecule has 6 nitrogen and oxygen atoms in total. The summed E-state index contributed by atoms with van der Waals surface area (Å²) in [4.78, 5) is 15.9. The average Bonchev–Trinajstić information content (AvgIpc) is 3.20. The van der Waals surface area contributed by atoms with Gasteiger partial charge >= 0.3 is 0 Å². The third-order valence-electron chi connectivity index (χ3n) is 6.57. The molecule has 0 unspecified atom stereocenters. The number of nitrogens with zero attached hydrogens (tertiary/aromatic N) is 4. The topological polar surface area (TPSA) is 73.0 Å². The zero-order valence-corrected chi connectivity index (χ0v) is 21.8. The molecule has 1 aliphatic heterocycles. The van der Waals surface area contributed by atoms with Gasteiger partial charge in [-0.1, -0.05) is 32.9 Å². The van der Waals surface area contributed by atoms with Gasteiger partial charge in [-0.3, -0.25) is 14.9 Å². The molecule has 194 valence electrons. The highest BCUT2D eigenvalue weighted by atomic mass is 19.1. The Bertz CT molecular complexity index is 1180. The minimum Gasteiger partial charge on any atom is -0.396 e. The number of piperazine rings is 1. The number of nitrogens with one attached hydrogen (secondary N) is 1. The first-order chi connectivity index (χ1) is 17.2. The van der Waals surface area contributed by atoms with Crippen LogP contribution >= 0.6 is 0 Å². The molecule has 0 amide bonds. The number of benzene rings is 1. The molecule has 2 aromatic rings. The minimum absolute atomic E-state index is 0.139. The van der Waals surface area contributed by atoms with E-state index in [0.29, 0.717) is 11.1 Å². The summed E-state index contributed by atoms with van der Waals surface area (Å²) in [5, 5.41) is 0.722. The third kappa shape index (κ3) is 6.77. The fourth-order valence-corrected chi connectivity index (χ4v) is 4.68. The van der Waals surface area contributed by atoms with Gasteiger partial charge in [-0.25, -0.2) is 8.78 Å². The second-order valence-electron chi connectivity index (χ2n) is 9.45. The van der Waals surface area contributed by atoms with E-state index >= 15 is 0 Å². The van der Waals surface area contributed by atoms with E-state index in [1.165, 1.54) is 6.07 Å². The molecule has 8 heteroatoms. The van der Waals surface area contributed by atoms with Gasteiger partial charge in [0.05, 0.1) is 24.0 Å². The van der Waals surface area contributed by atoms with Gasteiger partial charge in [0.2, 0.25) is 0 Å². The molecule has 2 heterocycles. The fourth-order valence-electron chi connectivity index (χ4n) is 4.68. The Hall–Kier alpha value is -3.10. The highest BCUT2D eigenvalue weighted by Gasteiger charge is 2.17. The van der Waals surface area contributed by atoms with Crippen molar-refractivity contribution in [1.29, 1.82) is 0 Å². The Morgan fingerprint density at radius 1 is 1.22 bits per heavy atom. The maximum Gasteiger partial charge on any atom is 0.164 e. The van der Waals surface area contributed by atoms with E-state index in [0.717, 1.165) is 67.7 Å². The Morgan fingerprint density at radius 3 is 2.56 bits per heavy atom. The molecular weight excluding hydrogens is 458 g/mol. The monoisotopic (exact) mass is 496 g/mol. The van der Waals surface area contributed by atoms with Crippen LogP contribution in [0.4, 0.5) is 8.78 Å². The summed E-state index contributed by atoms with van der Waals surface area (Å²) in [6.45, 7) is 18.0. The summed E-state index contributed by atoms with van der Waals surface area (Å²) >= 11 is 0. The maximum atomic E-state index is 14.8. The van der Waals surface area contributed by atoms with Crippen LogP contribution < -0.4 is 5.73 Å². The number of halogens is 2. The maximum absolute atomic E-state index is 14.8. The summed E-state index contributed by atoms with van der Waals surface area (Å²) in [6.07, 6.45) is 6.62. The predicted molar refractivity (Wildman–Crippen MR) is 148 cm³/mol. The summed E-state index contributed by atoms with van der Waals surface area (Å²) in [6, 6.07) is 2.99. The van der Waals surface area contributed by atoms with Crippen molar-refractivity contribution in [1.82, 2.24) is 14.8 Å². The van der Waals surface area contributed by atoms with Gasteiger partial charge < -0.3 is 15.6 Å². The Balaban J connectivity index is 1.66. The van der Waals surface area contributed by atoms with Gasteiger partial charge in [-0.05, 0) is 49.4 Å². The van der Waals surface area contributed by atoms with Crippen LogP contribution in [0.3, 0.4) is 0 Å². The summed E-state index contributed by atoms with van der Waals surface area (Å²) in [5.74, 6) is -0.967. The van der Waals surface area contributed by atoms with Crippen molar-refractivity contribution in [2.24, 2.45) is 15.7 Å². The largest absolute Gasteiger partial charge is 0.396 e. The number of rotatable bonds is 10. The lowest BCUT2D eigenvalue weighted by atomic mass is 9.98. The van der Waals surface area contributed by atoms with Crippen LogP contribution in [0.15, 0.2) is 51.9 Å². The van der Waals surface area contributed by atoms with E-state index in [2.05, 4.69) is 38.4 Å². The fraction of sp³-hybridized carbons (Fsp3) is 0.429. The number of hydrogen-bond donors (Lipinski definition) is 2. The van der Waals surface area contributed by atoms with Crippen LogP contribution in [0, 0.1) is 12.7 Å². The van der Waals surface area contributed by atoms with E-state index in [1.54, 1.807) is 12.3 Å². The highest BCUT2D eigenvalue weighted by Crippen LogP contribution is 2.32. The van der Waals surface area contributed by atoms with Crippen molar-refractivity contribution in [3.63, 3.8) is 0 Å². The lowest BCUT2D eigenvalue weighted by Crippen LogP contribution is -2.46. The number of aryl methyl sites for hydroxylation is 1. The van der Waals surface area contributed by atoms with E-state index in [1.807, 2.05) is 32.9 Å². The van der Waals surface area contributed by atoms with Crippen molar-refractivity contribution < 1.29 is 8.78 Å². The molecule has 3 rings (SSSR count). The molecule has 0 aliphatic carbocycles. The number of aliphatic imine (C=N–C) groups is 2.